The third-order valence-electron chi connectivity index (χ3n) is 3.19. The number of nitrogens with two attached hydrogens (primary N) is 2. The van der Waals surface area contributed by atoms with Gasteiger partial charge in [-0.1, -0.05) is 12.1 Å². The van der Waals surface area contributed by atoms with Crippen molar-refractivity contribution < 1.29 is 5.11 Å². The third-order valence-corrected chi connectivity index (χ3v) is 4.20. The van der Waals surface area contributed by atoms with Gasteiger partial charge in [0.05, 0.1) is 5.56 Å². The molecule has 1 aromatic heterocycles. The standard InChI is InChI=1S/C16H17N5OS/c1-9(19)13-14(10-2-4-11(22)5-3-10)12(8-18)16(21-15(13)20)23-7-6-17/h2-5,19,22H,6-7,17H2,1H3,(H2,20,21). The van der Waals surface area contributed by atoms with Crippen LogP contribution in [0.25, 0.3) is 11.1 Å². The lowest BCUT2D eigenvalue weighted by Crippen LogP contribution is -2.10. The summed E-state index contributed by atoms with van der Waals surface area (Å²) >= 11 is 1.36. The molecule has 1 heterocycles. The fraction of sp³-hybridized carbons (Fsp3) is 0.188. The highest BCUT2D eigenvalue weighted by Crippen LogP contribution is 2.36. The van der Waals surface area contributed by atoms with E-state index >= 15 is 0 Å². The number of aromatic nitrogens is 1. The van der Waals surface area contributed by atoms with Gasteiger partial charge in [-0.25, -0.2) is 4.98 Å². The van der Waals surface area contributed by atoms with E-state index in [0.29, 0.717) is 39.6 Å². The summed E-state index contributed by atoms with van der Waals surface area (Å²) in [6.07, 6.45) is 0. The Kier molecular flexibility index (Phi) is 5.21. The van der Waals surface area contributed by atoms with Gasteiger partial charge < -0.3 is 22.0 Å². The smallest absolute Gasteiger partial charge is 0.134 e. The number of hydrogen-bond acceptors (Lipinski definition) is 7. The van der Waals surface area contributed by atoms with Crippen LogP contribution in [0.1, 0.15) is 18.1 Å². The van der Waals surface area contributed by atoms with E-state index in [0.717, 1.165) is 0 Å². The monoisotopic (exact) mass is 327 g/mol. The fourth-order valence-corrected chi connectivity index (χ4v) is 3.01. The molecular formula is C16H17N5OS. The zero-order valence-corrected chi connectivity index (χ0v) is 13.4. The zero-order valence-electron chi connectivity index (χ0n) is 12.6. The Labute approximate surface area is 138 Å². The first-order valence-electron chi connectivity index (χ1n) is 6.91. The van der Waals surface area contributed by atoms with Gasteiger partial charge >= 0.3 is 0 Å². The molecule has 0 bridgehead atoms. The van der Waals surface area contributed by atoms with E-state index < -0.39 is 0 Å². The highest BCUT2D eigenvalue weighted by atomic mass is 32.2. The number of anilines is 1. The van der Waals surface area contributed by atoms with Gasteiger partial charge in [0.1, 0.15) is 22.7 Å². The molecule has 118 valence electrons. The van der Waals surface area contributed by atoms with Crippen molar-refractivity contribution in [2.24, 2.45) is 5.73 Å². The van der Waals surface area contributed by atoms with Crippen LogP contribution in [0.3, 0.4) is 0 Å². The quantitative estimate of drug-likeness (QED) is 0.492. The van der Waals surface area contributed by atoms with Gasteiger partial charge in [-0.05, 0) is 24.6 Å². The second-order valence-corrected chi connectivity index (χ2v) is 5.93. The van der Waals surface area contributed by atoms with Crippen LogP contribution in [-0.2, 0) is 0 Å². The van der Waals surface area contributed by atoms with Crippen molar-refractivity contribution >= 4 is 23.3 Å². The van der Waals surface area contributed by atoms with Crippen LogP contribution >= 0.6 is 11.8 Å². The van der Waals surface area contributed by atoms with E-state index in [1.807, 2.05) is 0 Å². The number of rotatable bonds is 5. The first kappa shape index (κ1) is 16.8. The summed E-state index contributed by atoms with van der Waals surface area (Å²) in [5.74, 6) is 0.943. The molecule has 7 heteroatoms. The first-order valence-corrected chi connectivity index (χ1v) is 7.89. The van der Waals surface area contributed by atoms with Crippen LogP contribution in [-0.4, -0.2) is 28.1 Å². The van der Waals surface area contributed by atoms with Crippen molar-refractivity contribution in [3.63, 3.8) is 0 Å². The maximum absolute atomic E-state index is 9.62. The molecule has 0 radical (unpaired) electrons. The van der Waals surface area contributed by atoms with Gasteiger partial charge in [-0.2, -0.15) is 5.26 Å². The maximum atomic E-state index is 9.62. The van der Waals surface area contributed by atoms with E-state index in [-0.39, 0.29) is 17.3 Å². The normalized spacial score (nSPS) is 10.3. The second kappa shape index (κ2) is 7.13. The summed E-state index contributed by atoms with van der Waals surface area (Å²) in [4.78, 5) is 4.28. The lowest BCUT2D eigenvalue weighted by atomic mass is 9.94. The van der Waals surface area contributed by atoms with Crippen molar-refractivity contribution in [3.05, 3.63) is 35.4 Å². The lowest BCUT2D eigenvalue weighted by Gasteiger charge is -2.16. The Hall–Kier alpha value is -2.56. The van der Waals surface area contributed by atoms with Crippen molar-refractivity contribution in [1.82, 2.24) is 4.98 Å². The van der Waals surface area contributed by atoms with Crippen molar-refractivity contribution in [3.8, 4) is 22.9 Å². The molecule has 0 fully saturated rings. The SMILES string of the molecule is CC(=N)c1c(N)nc(SCCN)c(C#N)c1-c1ccc(O)cc1. The number of phenolic OH excluding ortho intramolecular Hbond substituents is 1. The molecule has 0 unspecified atom stereocenters. The topological polar surface area (TPSA) is 133 Å². The number of nitrogens with one attached hydrogen (secondary N) is 1. The van der Waals surface area contributed by atoms with E-state index in [4.69, 9.17) is 16.9 Å². The maximum Gasteiger partial charge on any atom is 0.134 e. The van der Waals surface area contributed by atoms with Crippen LogP contribution in [0, 0.1) is 16.7 Å². The Balaban J connectivity index is 2.78. The lowest BCUT2D eigenvalue weighted by molar-refractivity contribution is 0.475. The van der Waals surface area contributed by atoms with Gasteiger partial charge in [0.2, 0.25) is 0 Å². The van der Waals surface area contributed by atoms with Gasteiger partial charge in [-0.3, -0.25) is 0 Å². The Morgan fingerprint density at radius 2 is 2.04 bits per heavy atom. The van der Waals surface area contributed by atoms with Crippen LogP contribution in [0.5, 0.6) is 5.75 Å². The molecular weight excluding hydrogens is 310 g/mol. The Morgan fingerprint density at radius 3 is 2.57 bits per heavy atom. The second-order valence-electron chi connectivity index (χ2n) is 4.85. The van der Waals surface area contributed by atoms with Crippen molar-refractivity contribution in [2.75, 3.05) is 18.0 Å². The van der Waals surface area contributed by atoms with Crippen LogP contribution < -0.4 is 11.5 Å². The predicted molar refractivity (Wildman–Crippen MR) is 92.7 cm³/mol. The highest BCUT2D eigenvalue weighted by molar-refractivity contribution is 7.99. The van der Waals surface area contributed by atoms with Crippen LogP contribution in [0.4, 0.5) is 5.82 Å². The summed E-state index contributed by atoms with van der Waals surface area (Å²) in [5, 5.41) is 27.6. The Bertz CT molecular complexity index is 781. The molecule has 6 nitrogen and oxygen atoms in total. The van der Waals surface area contributed by atoms with Crippen LogP contribution in [0.2, 0.25) is 0 Å². The summed E-state index contributed by atoms with van der Waals surface area (Å²) in [6.45, 7) is 2.06. The van der Waals surface area contributed by atoms with Crippen molar-refractivity contribution in [1.29, 1.82) is 10.7 Å². The molecule has 0 aliphatic heterocycles. The first-order chi connectivity index (χ1) is 11.0. The number of phenols is 1. The number of pyridine rings is 1. The molecule has 0 amide bonds. The molecule has 2 rings (SSSR count). The minimum Gasteiger partial charge on any atom is -0.508 e. The van der Waals surface area contributed by atoms with Gasteiger partial charge in [0.25, 0.3) is 0 Å². The van der Waals surface area contributed by atoms with Crippen LogP contribution in [0.15, 0.2) is 29.3 Å². The molecule has 0 saturated carbocycles. The van der Waals surface area contributed by atoms with Crippen molar-refractivity contribution in [2.45, 2.75) is 11.9 Å². The van der Waals surface area contributed by atoms with E-state index in [2.05, 4.69) is 11.1 Å². The molecule has 0 saturated heterocycles. The highest BCUT2D eigenvalue weighted by Gasteiger charge is 2.21. The molecule has 23 heavy (non-hydrogen) atoms. The summed E-state index contributed by atoms with van der Waals surface area (Å²) in [6, 6.07) is 8.61. The number of aromatic hydroxyl groups is 1. The number of benzene rings is 1. The third kappa shape index (κ3) is 3.44. The average Bonchev–Trinajstić information content (AvgIpc) is 2.52. The van der Waals surface area contributed by atoms with E-state index in [1.165, 1.54) is 23.9 Å². The number of hydrogen-bond donors (Lipinski definition) is 4. The number of nitrogen functional groups attached to an aromatic ring is 1. The summed E-state index contributed by atoms with van der Waals surface area (Å²) in [5.41, 5.74) is 13.8. The minimum atomic E-state index is 0.125. The Morgan fingerprint density at radius 1 is 1.39 bits per heavy atom. The summed E-state index contributed by atoms with van der Waals surface area (Å²) < 4.78 is 0. The number of nitrogens with zero attached hydrogens (tertiary/aromatic N) is 2. The largest absolute Gasteiger partial charge is 0.508 e. The molecule has 0 aliphatic carbocycles. The molecule has 0 atom stereocenters. The minimum absolute atomic E-state index is 0.125. The van der Waals surface area contributed by atoms with Gasteiger partial charge in [0.15, 0.2) is 0 Å². The molecule has 1 aromatic carbocycles. The molecule has 0 spiro atoms. The zero-order chi connectivity index (χ0) is 17.0. The molecule has 2 aromatic rings. The van der Waals surface area contributed by atoms with E-state index in [1.54, 1.807) is 19.1 Å². The van der Waals surface area contributed by atoms with Gasteiger partial charge in [0, 0.05) is 29.1 Å². The molecule has 6 N–H and O–H groups in total. The fourth-order valence-electron chi connectivity index (χ4n) is 2.24. The average molecular weight is 327 g/mol. The number of nitriles is 1. The van der Waals surface area contributed by atoms with E-state index in [9.17, 15) is 10.4 Å². The molecule has 0 aliphatic rings. The van der Waals surface area contributed by atoms with Gasteiger partial charge in [-0.15, -0.1) is 11.8 Å². The summed E-state index contributed by atoms with van der Waals surface area (Å²) in [7, 11) is 0. The predicted octanol–water partition coefficient (Wildman–Crippen LogP) is 2.35. The number of thioether (sulfide) groups is 1.